The van der Waals surface area contributed by atoms with Gasteiger partial charge in [-0.05, 0) is 12.1 Å². The molecule has 0 atom stereocenters. The van der Waals surface area contributed by atoms with Gasteiger partial charge in [0.2, 0.25) is 0 Å². The minimum absolute atomic E-state index is 0.456. The number of aromatic nitrogens is 1. The van der Waals surface area contributed by atoms with E-state index in [0.29, 0.717) is 11.3 Å². The number of aldehydes is 1. The molecule has 2 rings (SSSR count). The molecule has 0 unspecified atom stereocenters. The van der Waals surface area contributed by atoms with Gasteiger partial charge in [0.1, 0.15) is 6.29 Å². The van der Waals surface area contributed by atoms with Gasteiger partial charge in [-0.15, -0.1) is 0 Å². The Morgan fingerprint density at radius 1 is 1.36 bits per heavy atom. The number of hydrogen-bond acceptors (Lipinski definition) is 1. The van der Waals surface area contributed by atoms with Crippen LogP contribution in [0.2, 0.25) is 0 Å². The molecule has 0 aliphatic rings. The van der Waals surface area contributed by atoms with Crippen LogP contribution in [0.4, 0.5) is 0 Å². The van der Waals surface area contributed by atoms with Crippen LogP contribution in [0.3, 0.4) is 0 Å². The largest absolute Gasteiger partial charge is 0.361 e. The highest BCUT2D eigenvalue weighted by Gasteiger charge is 2.04. The van der Waals surface area contributed by atoms with Crippen LogP contribution in [0.5, 0.6) is 0 Å². The highest BCUT2D eigenvalue weighted by molar-refractivity contribution is 6.50. The number of fused-ring (bicyclic) bond motifs is 1. The van der Waals surface area contributed by atoms with Crippen molar-refractivity contribution in [1.29, 1.82) is 0 Å². The molecular weight excluding hydrogens is 198 g/mol. The quantitative estimate of drug-likeness (QED) is 0.594. The van der Waals surface area contributed by atoms with E-state index in [-0.39, 0.29) is 0 Å². The first kappa shape index (κ1) is 9.03. The second-order valence-corrected chi connectivity index (χ2v) is 3.31. The third-order valence-electron chi connectivity index (χ3n) is 2.06. The molecule has 1 N–H and O–H groups in total. The van der Waals surface area contributed by atoms with Gasteiger partial charge in [0, 0.05) is 22.7 Å². The van der Waals surface area contributed by atoms with E-state index in [1.807, 2.05) is 24.3 Å². The van der Waals surface area contributed by atoms with Crippen molar-refractivity contribution < 1.29 is 4.79 Å². The highest BCUT2D eigenvalue weighted by atomic mass is 35.5. The summed E-state index contributed by atoms with van der Waals surface area (Å²) < 4.78 is 0. The monoisotopic (exact) mass is 205 g/mol. The Balaban J connectivity index is 2.64. The average Bonchev–Trinajstić information content (AvgIpc) is 2.61. The number of para-hydroxylation sites is 1. The number of allylic oxidation sites excluding steroid dienone is 1. The van der Waals surface area contributed by atoms with Gasteiger partial charge in [-0.2, -0.15) is 0 Å². The highest BCUT2D eigenvalue weighted by Crippen LogP contribution is 2.26. The Bertz CT molecular complexity index is 499. The number of H-pyrrole nitrogens is 1. The fourth-order valence-electron chi connectivity index (χ4n) is 1.42. The van der Waals surface area contributed by atoms with Gasteiger partial charge < -0.3 is 4.98 Å². The van der Waals surface area contributed by atoms with Crippen molar-refractivity contribution in [3.05, 3.63) is 42.1 Å². The molecule has 1 aromatic carbocycles. The lowest BCUT2D eigenvalue weighted by molar-refractivity contribution is -0.104. The third-order valence-corrected chi connectivity index (χ3v) is 2.39. The zero-order valence-electron chi connectivity index (χ0n) is 7.33. The Morgan fingerprint density at radius 3 is 2.93 bits per heavy atom. The van der Waals surface area contributed by atoms with E-state index >= 15 is 0 Å². The maximum atomic E-state index is 10.3. The SMILES string of the molecule is O=C/C=C(/Cl)c1c[nH]c2ccccc12. The van der Waals surface area contributed by atoms with Gasteiger partial charge in [-0.3, -0.25) is 4.79 Å². The van der Waals surface area contributed by atoms with Crippen LogP contribution in [0.25, 0.3) is 15.9 Å². The lowest BCUT2D eigenvalue weighted by Gasteiger charge is -1.94. The fourth-order valence-corrected chi connectivity index (χ4v) is 1.63. The molecule has 70 valence electrons. The van der Waals surface area contributed by atoms with Gasteiger partial charge in [0.25, 0.3) is 0 Å². The summed E-state index contributed by atoms with van der Waals surface area (Å²) in [5, 5.41) is 1.48. The van der Waals surface area contributed by atoms with E-state index < -0.39 is 0 Å². The van der Waals surface area contributed by atoms with Crippen molar-refractivity contribution in [2.45, 2.75) is 0 Å². The molecule has 0 radical (unpaired) electrons. The Morgan fingerprint density at radius 2 is 2.14 bits per heavy atom. The van der Waals surface area contributed by atoms with Gasteiger partial charge in [0.15, 0.2) is 0 Å². The first-order valence-electron chi connectivity index (χ1n) is 4.20. The van der Waals surface area contributed by atoms with E-state index in [0.717, 1.165) is 16.5 Å². The predicted octanol–water partition coefficient (Wildman–Crippen LogP) is 2.95. The lowest BCUT2D eigenvalue weighted by atomic mass is 10.1. The Kier molecular flexibility index (Phi) is 2.37. The maximum Gasteiger partial charge on any atom is 0.144 e. The number of carbonyl (C=O) groups excluding carboxylic acids is 1. The standard InChI is InChI=1S/C11H8ClNO/c12-10(5-6-14)9-7-13-11-4-2-1-3-8(9)11/h1-7,13H/b10-5+. The maximum absolute atomic E-state index is 10.3. The van der Waals surface area contributed by atoms with Gasteiger partial charge in [-0.1, -0.05) is 29.8 Å². The van der Waals surface area contributed by atoms with Gasteiger partial charge >= 0.3 is 0 Å². The van der Waals surface area contributed by atoms with Crippen LogP contribution in [-0.2, 0) is 4.79 Å². The zero-order valence-corrected chi connectivity index (χ0v) is 8.08. The van der Waals surface area contributed by atoms with E-state index in [4.69, 9.17) is 11.6 Å². The summed E-state index contributed by atoms with van der Waals surface area (Å²) in [6.45, 7) is 0. The molecule has 0 aliphatic carbocycles. The number of aromatic amines is 1. The third kappa shape index (κ3) is 1.44. The van der Waals surface area contributed by atoms with Crippen LogP contribution >= 0.6 is 11.6 Å². The van der Waals surface area contributed by atoms with Crippen LogP contribution in [0, 0.1) is 0 Å². The summed E-state index contributed by atoms with van der Waals surface area (Å²) in [6.07, 6.45) is 3.83. The molecule has 0 saturated heterocycles. The Labute approximate surface area is 86.2 Å². The first-order chi connectivity index (χ1) is 6.83. The molecule has 0 spiro atoms. The van der Waals surface area contributed by atoms with Crippen molar-refractivity contribution in [2.24, 2.45) is 0 Å². The normalized spacial score (nSPS) is 11.9. The number of hydrogen-bond donors (Lipinski definition) is 1. The average molecular weight is 206 g/mol. The molecule has 0 fully saturated rings. The fraction of sp³-hybridized carbons (Fsp3) is 0. The van der Waals surface area contributed by atoms with Crippen LogP contribution in [-0.4, -0.2) is 11.3 Å². The molecule has 0 bridgehead atoms. The van der Waals surface area contributed by atoms with E-state index in [2.05, 4.69) is 4.98 Å². The molecule has 14 heavy (non-hydrogen) atoms. The van der Waals surface area contributed by atoms with Gasteiger partial charge in [-0.25, -0.2) is 0 Å². The molecule has 2 nitrogen and oxygen atoms in total. The van der Waals surface area contributed by atoms with Crippen molar-refractivity contribution in [3.8, 4) is 0 Å². The summed E-state index contributed by atoms with van der Waals surface area (Å²) in [6, 6.07) is 7.80. The minimum Gasteiger partial charge on any atom is -0.361 e. The second kappa shape index (κ2) is 3.68. The van der Waals surface area contributed by atoms with Crippen LogP contribution in [0.15, 0.2) is 36.5 Å². The molecule has 1 aromatic heterocycles. The van der Waals surface area contributed by atoms with Crippen LogP contribution in [0.1, 0.15) is 5.56 Å². The predicted molar refractivity (Wildman–Crippen MR) is 58.2 cm³/mol. The summed E-state index contributed by atoms with van der Waals surface area (Å²) in [7, 11) is 0. The minimum atomic E-state index is 0.456. The molecule has 0 saturated carbocycles. The second-order valence-electron chi connectivity index (χ2n) is 2.90. The van der Waals surface area contributed by atoms with Crippen molar-refractivity contribution >= 4 is 33.8 Å². The van der Waals surface area contributed by atoms with E-state index in [9.17, 15) is 4.79 Å². The van der Waals surface area contributed by atoms with Gasteiger partial charge in [0.05, 0.1) is 5.03 Å². The number of carbonyl (C=O) groups is 1. The van der Waals surface area contributed by atoms with Crippen molar-refractivity contribution in [1.82, 2.24) is 4.98 Å². The number of benzene rings is 1. The summed E-state index contributed by atoms with van der Waals surface area (Å²) in [5.74, 6) is 0. The van der Waals surface area contributed by atoms with Crippen LogP contribution < -0.4 is 0 Å². The summed E-state index contributed by atoms with van der Waals surface area (Å²) >= 11 is 5.94. The molecule has 0 amide bonds. The number of rotatable bonds is 2. The summed E-state index contributed by atoms with van der Waals surface area (Å²) in [5.41, 5.74) is 1.87. The molecule has 0 aliphatic heterocycles. The van der Waals surface area contributed by atoms with E-state index in [1.165, 1.54) is 6.08 Å². The smallest absolute Gasteiger partial charge is 0.144 e. The Hall–Kier alpha value is -1.54. The molecule has 3 heteroatoms. The van der Waals surface area contributed by atoms with E-state index in [1.54, 1.807) is 6.20 Å². The first-order valence-corrected chi connectivity index (χ1v) is 4.58. The van der Waals surface area contributed by atoms with Crippen molar-refractivity contribution in [3.63, 3.8) is 0 Å². The lowest BCUT2D eigenvalue weighted by Crippen LogP contribution is -1.74. The topological polar surface area (TPSA) is 32.9 Å². The van der Waals surface area contributed by atoms with Crippen molar-refractivity contribution in [2.75, 3.05) is 0 Å². The zero-order chi connectivity index (χ0) is 9.97. The number of halogens is 1. The molecule has 2 aromatic rings. The molecule has 1 heterocycles. The summed E-state index contributed by atoms with van der Waals surface area (Å²) in [4.78, 5) is 13.4. The molecular formula is C11H8ClNO. The number of nitrogens with one attached hydrogen (secondary N) is 1.